The average Bonchev–Trinajstić information content (AvgIpc) is 2.58. The van der Waals surface area contributed by atoms with Crippen LogP contribution >= 0.6 is 12.4 Å². The van der Waals surface area contributed by atoms with Gasteiger partial charge >= 0.3 is 0 Å². The average molecular weight is 363 g/mol. The fourth-order valence-electron chi connectivity index (χ4n) is 2.89. The summed E-state index contributed by atoms with van der Waals surface area (Å²) < 4.78 is 5.85. The van der Waals surface area contributed by atoms with Gasteiger partial charge in [0, 0.05) is 16.9 Å². The summed E-state index contributed by atoms with van der Waals surface area (Å²) in [6.07, 6.45) is 3.24. The van der Waals surface area contributed by atoms with E-state index in [4.69, 9.17) is 10.5 Å². The Morgan fingerprint density at radius 3 is 2.52 bits per heavy atom. The zero-order valence-electron chi connectivity index (χ0n) is 13.9. The number of aliphatic hydroxyl groups excluding tert-OH is 1. The van der Waals surface area contributed by atoms with Crippen molar-refractivity contribution in [2.75, 3.05) is 11.1 Å². The van der Waals surface area contributed by atoms with E-state index < -0.39 is 6.10 Å². The number of halogens is 1. The number of nitrogens with one attached hydrogen (secondary N) is 1. The van der Waals surface area contributed by atoms with Crippen LogP contribution in [0.1, 0.15) is 36.0 Å². The van der Waals surface area contributed by atoms with Gasteiger partial charge in [0.25, 0.3) is 5.91 Å². The standard InChI is InChI=1S/C19H22N2O3.ClH/c20-14-5-3-4-13(12-14)19(23)21-15-8-10-16(11-9-15)24-18-7-2-1-6-17(18)22;/h3-5,8-12,17-18,22H,1-2,6-7,20H2,(H,21,23);1H. The number of hydrogen-bond acceptors (Lipinski definition) is 4. The molecule has 1 aliphatic carbocycles. The Morgan fingerprint density at radius 1 is 1.12 bits per heavy atom. The Kier molecular flexibility index (Phi) is 6.67. The third-order valence-corrected chi connectivity index (χ3v) is 4.22. The van der Waals surface area contributed by atoms with Gasteiger partial charge in [-0.25, -0.2) is 0 Å². The monoisotopic (exact) mass is 362 g/mol. The molecule has 2 unspecified atom stereocenters. The van der Waals surface area contributed by atoms with E-state index >= 15 is 0 Å². The van der Waals surface area contributed by atoms with Gasteiger partial charge in [-0.15, -0.1) is 12.4 Å². The van der Waals surface area contributed by atoms with Crippen molar-refractivity contribution >= 4 is 29.7 Å². The van der Waals surface area contributed by atoms with E-state index in [1.807, 2.05) is 0 Å². The minimum absolute atomic E-state index is 0. The van der Waals surface area contributed by atoms with Gasteiger partial charge in [-0.3, -0.25) is 4.79 Å². The number of hydrogen-bond donors (Lipinski definition) is 3. The molecule has 0 bridgehead atoms. The van der Waals surface area contributed by atoms with Gasteiger partial charge in [-0.2, -0.15) is 0 Å². The van der Waals surface area contributed by atoms with Crippen LogP contribution in [0.15, 0.2) is 48.5 Å². The quantitative estimate of drug-likeness (QED) is 0.725. The summed E-state index contributed by atoms with van der Waals surface area (Å²) in [5.41, 5.74) is 7.44. The number of nitrogens with two attached hydrogens (primary N) is 1. The molecule has 0 aromatic heterocycles. The first-order valence-corrected chi connectivity index (χ1v) is 8.23. The van der Waals surface area contributed by atoms with Crippen molar-refractivity contribution in [3.8, 4) is 5.75 Å². The molecule has 2 atom stereocenters. The summed E-state index contributed by atoms with van der Waals surface area (Å²) in [5.74, 6) is 0.488. The second kappa shape index (κ2) is 8.74. The lowest BCUT2D eigenvalue weighted by molar-refractivity contribution is 0.00688. The molecule has 1 fully saturated rings. The summed E-state index contributed by atoms with van der Waals surface area (Å²) in [5, 5.41) is 12.8. The van der Waals surface area contributed by atoms with Gasteiger partial charge in [0.2, 0.25) is 0 Å². The number of aliphatic hydroxyl groups is 1. The fraction of sp³-hybridized carbons (Fsp3) is 0.316. The largest absolute Gasteiger partial charge is 0.488 e. The summed E-state index contributed by atoms with van der Waals surface area (Å²) in [6.45, 7) is 0. The van der Waals surface area contributed by atoms with E-state index in [1.165, 1.54) is 0 Å². The highest BCUT2D eigenvalue weighted by Crippen LogP contribution is 2.25. The number of anilines is 2. The Labute approximate surface area is 153 Å². The van der Waals surface area contributed by atoms with Crippen LogP contribution in [0.4, 0.5) is 11.4 Å². The van der Waals surface area contributed by atoms with Gasteiger partial charge < -0.3 is 20.9 Å². The highest BCUT2D eigenvalue weighted by Gasteiger charge is 2.24. The van der Waals surface area contributed by atoms with Crippen LogP contribution in [0.2, 0.25) is 0 Å². The van der Waals surface area contributed by atoms with Crippen LogP contribution in [0.25, 0.3) is 0 Å². The molecule has 1 aliphatic rings. The molecular weight excluding hydrogens is 340 g/mol. The van der Waals surface area contributed by atoms with Crippen molar-refractivity contribution < 1.29 is 14.6 Å². The molecule has 1 saturated carbocycles. The SMILES string of the molecule is Cl.Nc1cccc(C(=O)Nc2ccc(OC3CCCCC3O)cc2)c1. The smallest absolute Gasteiger partial charge is 0.255 e. The summed E-state index contributed by atoms with van der Waals surface area (Å²) in [7, 11) is 0. The van der Waals surface area contributed by atoms with E-state index in [1.54, 1.807) is 48.5 Å². The zero-order chi connectivity index (χ0) is 16.9. The van der Waals surface area contributed by atoms with Crippen LogP contribution in [-0.4, -0.2) is 23.2 Å². The molecule has 4 N–H and O–H groups in total. The van der Waals surface area contributed by atoms with Crippen LogP contribution in [0.5, 0.6) is 5.75 Å². The molecule has 3 rings (SSSR count). The van der Waals surface area contributed by atoms with Crippen molar-refractivity contribution in [1.29, 1.82) is 0 Å². The predicted molar refractivity (Wildman–Crippen MR) is 101 cm³/mol. The van der Waals surface area contributed by atoms with E-state index in [0.29, 0.717) is 22.7 Å². The Balaban J connectivity index is 0.00000225. The molecule has 0 spiro atoms. The summed E-state index contributed by atoms with van der Waals surface area (Å²) in [4.78, 5) is 12.2. The minimum atomic E-state index is -0.401. The van der Waals surface area contributed by atoms with Crippen LogP contribution in [0, 0.1) is 0 Å². The first-order valence-electron chi connectivity index (χ1n) is 8.23. The number of amides is 1. The highest BCUT2D eigenvalue weighted by molar-refractivity contribution is 6.04. The van der Waals surface area contributed by atoms with Crippen molar-refractivity contribution in [3.63, 3.8) is 0 Å². The van der Waals surface area contributed by atoms with Gasteiger partial charge in [0.05, 0.1) is 6.10 Å². The number of nitrogen functional groups attached to an aromatic ring is 1. The molecule has 0 saturated heterocycles. The number of carbonyl (C=O) groups is 1. The summed E-state index contributed by atoms with van der Waals surface area (Å²) >= 11 is 0. The number of rotatable bonds is 4. The van der Waals surface area contributed by atoms with Crippen LogP contribution in [0.3, 0.4) is 0 Å². The molecule has 134 valence electrons. The van der Waals surface area contributed by atoms with Gasteiger partial charge in [-0.05, 0) is 61.7 Å². The van der Waals surface area contributed by atoms with E-state index in [9.17, 15) is 9.90 Å². The molecule has 0 radical (unpaired) electrons. The first kappa shape index (κ1) is 19.1. The molecule has 0 heterocycles. The van der Waals surface area contributed by atoms with E-state index in [-0.39, 0.29) is 24.4 Å². The topological polar surface area (TPSA) is 84.6 Å². The molecule has 2 aromatic rings. The van der Waals surface area contributed by atoms with Crippen molar-refractivity contribution in [1.82, 2.24) is 0 Å². The highest BCUT2D eigenvalue weighted by atomic mass is 35.5. The molecule has 2 aromatic carbocycles. The van der Waals surface area contributed by atoms with E-state index in [0.717, 1.165) is 25.7 Å². The number of benzene rings is 2. The fourth-order valence-corrected chi connectivity index (χ4v) is 2.89. The predicted octanol–water partition coefficient (Wildman–Crippen LogP) is 3.63. The third-order valence-electron chi connectivity index (χ3n) is 4.22. The van der Waals surface area contributed by atoms with E-state index in [2.05, 4.69) is 5.32 Å². The second-order valence-electron chi connectivity index (χ2n) is 6.11. The maximum atomic E-state index is 12.2. The van der Waals surface area contributed by atoms with Gasteiger partial charge in [0.1, 0.15) is 11.9 Å². The number of ether oxygens (including phenoxy) is 1. The lowest BCUT2D eigenvalue weighted by Crippen LogP contribution is -2.34. The molecule has 1 amide bonds. The van der Waals surface area contributed by atoms with Gasteiger partial charge in [0.15, 0.2) is 0 Å². The number of carbonyl (C=O) groups excluding carboxylic acids is 1. The Morgan fingerprint density at radius 2 is 1.84 bits per heavy atom. The molecule has 5 nitrogen and oxygen atoms in total. The second-order valence-corrected chi connectivity index (χ2v) is 6.11. The normalized spacial score (nSPS) is 19.6. The third kappa shape index (κ3) is 5.11. The Hall–Kier alpha value is -2.24. The van der Waals surface area contributed by atoms with Crippen molar-refractivity contribution in [3.05, 3.63) is 54.1 Å². The molecular formula is C19H23ClN2O3. The van der Waals surface area contributed by atoms with Gasteiger partial charge in [-0.1, -0.05) is 12.5 Å². The van der Waals surface area contributed by atoms with Crippen LogP contribution < -0.4 is 15.8 Å². The summed E-state index contributed by atoms with van der Waals surface area (Å²) in [6, 6.07) is 14.0. The minimum Gasteiger partial charge on any atom is -0.488 e. The molecule has 25 heavy (non-hydrogen) atoms. The lowest BCUT2D eigenvalue weighted by Gasteiger charge is -2.28. The van der Waals surface area contributed by atoms with Crippen molar-refractivity contribution in [2.45, 2.75) is 37.9 Å². The molecule has 6 heteroatoms. The Bertz CT molecular complexity index is 706. The zero-order valence-corrected chi connectivity index (χ0v) is 14.7. The van der Waals surface area contributed by atoms with Crippen molar-refractivity contribution in [2.24, 2.45) is 0 Å². The molecule has 0 aliphatic heterocycles. The maximum Gasteiger partial charge on any atom is 0.255 e. The lowest BCUT2D eigenvalue weighted by atomic mass is 9.95. The first-order chi connectivity index (χ1) is 11.6. The maximum absolute atomic E-state index is 12.2. The van der Waals surface area contributed by atoms with Crippen LogP contribution in [-0.2, 0) is 0 Å².